The summed E-state index contributed by atoms with van der Waals surface area (Å²) in [5.74, 6) is 1.00. The van der Waals surface area contributed by atoms with Crippen LogP contribution in [0.5, 0.6) is 5.75 Å². The summed E-state index contributed by atoms with van der Waals surface area (Å²) in [7, 11) is 1.63. The third-order valence-corrected chi connectivity index (χ3v) is 5.61. The van der Waals surface area contributed by atoms with E-state index in [1.54, 1.807) is 20.2 Å². The number of hydrogen-bond donors (Lipinski definition) is 1. The molecule has 0 amide bonds. The van der Waals surface area contributed by atoms with Gasteiger partial charge in [0.1, 0.15) is 17.6 Å². The van der Waals surface area contributed by atoms with Crippen LogP contribution < -0.4 is 10.1 Å². The van der Waals surface area contributed by atoms with Crippen molar-refractivity contribution in [2.45, 2.75) is 25.8 Å². The number of esters is 1. The van der Waals surface area contributed by atoms with Gasteiger partial charge in [0.2, 0.25) is 0 Å². The summed E-state index contributed by atoms with van der Waals surface area (Å²) >= 11 is 0. The van der Waals surface area contributed by atoms with Gasteiger partial charge in [0, 0.05) is 18.4 Å². The summed E-state index contributed by atoms with van der Waals surface area (Å²) in [5.41, 5.74) is 4.63. The molecule has 6 nitrogen and oxygen atoms in total. The summed E-state index contributed by atoms with van der Waals surface area (Å²) in [5, 5.41) is 3.33. The van der Waals surface area contributed by atoms with Gasteiger partial charge in [0.25, 0.3) is 0 Å². The SMILES string of the molecule is CCOC(=O)C(Cc1ccc(OC)cc1)Nc1ncc(-c2ccccc2)nc1Cc1ccccc1. The molecule has 0 aliphatic carbocycles. The Bertz CT molecular complexity index is 1230. The molecular weight excluding hydrogens is 438 g/mol. The molecule has 35 heavy (non-hydrogen) atoms. The summed E-state index contributed by atoms with van der Waals surface area (Å²) in [6, 6.07) is 27.1. The molecule has 1 N–H and O–H groups in total. The van der Waals surface area contributed by atoms with Crippen LogP contribution in [0.4, 0.5) is 5.82 Å². The molecule has 1 unspecified atom stereocenters. The van der Waals surface area contributed by atoms with Gasteiger partial charge < -0.3 is 14.8 Å². The minimum Gasteiger partial charge on any atom is -0.497 e. The lowest BCUT2D eigenvalue weighted by Gasteiger charge is -2.20. The van der Waals surface area contributed by atoms with Crippen molar-refractivity contribution in [2.24, 2.45) is 0 Å². The summed E-state index contributed by atoms with van der Waals surface area (Å²) in [6.45, 7) is 2.10. The first-order chi connectivity index (χ1) is 17.2. The number of ether oxygens (including phenoxy) is 2. The largest absolute Gasteiger partial charge is 0.497 e. The first-order valence-electron chi connectivity index (χ1n) is 11.7. The van der Waals surface area contributed by atoms with E-state index < -0.39 is 6.04 Å². The summed E-state index contributed by atoms with van der Waals surface area (Å²) < 4.78 is 10.6. The third kappa shape index (κ3) is 6.44. The fourth-order valence-electron chi connectivity index (χ4n) is 3.81. The van der Waals surface area contributed by atoms with Crippen LogP contribution in [0.2, 0.25) is 0 Å². The van der Waals surface area contributed by atoms with Crippen molar-refractivity contribution in [3.63, 3.8) is 0 Å². The molecule has 0 bridgehead atoms. The third-order valence-electron chi connectivity index (χ3n) is 5.61. The van der Waals surface area contributed by atoms with Gasteiger partial charge >= 0.3 is 5.97 Å². The van der Waals surface area contributed by atoms with Crippen molar-refractivity contribution in [1.82, 2.24) is 9.97 Å². The first kappa shape index (κ1) is 24.0. The van der Waals surface area contributed by atoms with Crippen LogP contribution in [0.15, 0.2) is 91.1 Å². The summed E-state index contributed by atoms with van der Waals surface area (Å²) in [4.78, 5) is 22.5. The molecule has 1 heterocycles. The number of nitrogens with zero attached hydrogens (tertiary/aromatic N) is 2. The number of benzene rings is 3. The van der Waals surface area contributed by atoms with E-state index in [0.29, 0.717) is 25.3 Å². The van der Waals surface area contributed by atoms with E-state index in [9.17, 15) is 4.79 Å². The Hall–Kier alpha value is -4.19. The minimum atomic E-state index is -0.616. The number of nitrogens with one attached hydrogen (secondary N) is 1. The fraction of sp³-hybridized carbons (Fsp3) is 0.207. The molecule has 0 saturated carbocycles. The molecule has 1 aromatic heterocycles. The molecule has 6 heteroatoms. The number of methoxy groups -OCH3 is 1. The lowest BCUT2D eigenvalue weighted by atomic mass is 10.0. The molecule has 0 radical (unpaired) electrons. The van der Waals surface area contributed by atoms with Crippen LogP contribution in [0.3, 0.4) is 0 Å². The molecule has 0 aliphatic heterocycles. The van der Waals surface area contributed by atoms with Gasteiger partial charge in [-0.2, -0.15) is 0 Å². The Morgan fingerprint density at radius 1 is 0.914 bits per heavy atom. The second kappa shape index (κ2) is 11.8. The molecule has 0 aliphatic rings. The lowest BCUT2D eigenvalue weighted by Crippen LogP contribution is -2.34. The Labute approximate surface area is 206 Å². The zero-order valence-electron chi connectivity index (χ0n) is 20.0. The zero-order chi connectivity index (χ0) is 24.5. The molecule has 178 valence electrons. The molecule has 0 fully saturated rings. The first-order valence-corrected chi connectivity index (χ1v) is 11.7. The van der Waals surface area contributed by atoms with Crippen LogP contribution >= 0.6 is 0 Å². The van der Waals surface area contributed by atoms with E-state index in [-0.39, 0.29) is 5.97 Å². The second-order valence-corrected chi connectivity index (χ2v) is 8.08. The Balaban J connectivity index is 1.66. The maximum absolute atomic E-state index is 12.9. The number of carbonyl (C=O) groups is 1. The highest BCUT2D eigenvalue weighted by atomic mass is 16.5. The maximum Gasteiger partial charge on any atom is 0.328 e. The quantitative estimate of drug-likeness (QED) is 0.318. The van der Waals surface area contributed by atoms with Gasteiger partial charge in [-0.05, 0) is 30.2 Å². The van der Waals surface area contributed by atoms with Crippen LogP contribution in [0.1, 0.15) is 23.7 Å². The van der Waals surface area contributed by atoms with Crippen molar-refractivity contribution in [3.8, 4) is 17.0 Å². The van der Waals surface area contributed by atoms with Crippen LogP contribution in [-0.2, 0) is 22.4 Å². The number of aromatic nitrogens is 2. The minimum absolute atomic E-state index is 0.301. The number of anilines is 1. The predicted octanol–water partition coefficient (Wildman–Crippen LogP) is 5.33. The van der Waals surface area contributed by atoms with Crippen LogP contribution in [0.25, 0.3) is 11.3 Å². The molecular formula is C29H29N3O3. The van der Waals surface area contributed by atoms with E-state index >= 15 is 0 Å². The normalized spacial score (nSPS) is 11.5. The van der Waals surface area contributed by atoms with Crippen molar-refractivity contribution in [2.75, 3.05) is 19.0 Å². The van der Waals surface area contributed by atoms with Crippen molar-refractivity contribution in [1.29, 1.82) is 0 Å². The number of hydrogen-bond acceptors (Lipinski definition) is 6. The molecule has 3 aromatic carbocycles. The average Bonchev–Trinajstić information content (AvgIpc) is 2.91. The number of rotatable bonds is 10. The van der Waals surface area contributed by atoms with E-state index in [1.807, 2.05) is 72.8 Å². The van der Waals surface area contributed by atoms with Crippen molar-refractivity contribution < 1.29 is 14.3 Å². The van der Waals surface area contributed by atoms with E-state index in [4.69, 9.17) is 19.4 Å². The van der Waals surface area contributed by atoms with Gasteiger partial charge in [-0.3, -0.25) is 0 Å². The Morgan fingerprint density at radius 3 is 2.26 bits per heavy atom. The van der Waals surface area contributed by atoms with Gasteiger partial charge in [0.05, 0.1) is 31.3 Å². The monoisotopic (exact) mass is 467 g/mol. The maximum atomic E-state index is 12.9. The van der Waals surface area contributed by atoms with E-state index in [0.717, 1.165) is 33.8 Å². The van der Waals surface area contributed by atoms with Crippen molar-refractivity contribution in [3.05, 3.63) is 108 Å². The Morgan fingerprint density at radius 2 is 1.60 bits per heavy atom. The molecule has 0 saturated heterocycles. The van der Waals surface area contributed by atoms with Crippen molar-refractivity contribution >= 4 is 11.8 Å². The molecule has 4 rings (SSSR count). The standard InChI is InChI=1S/C29H29N3O3/c1-3-35-29(33)26(19-22-14-16-24(34-2)17-15-22)32-28-25(18-21-10-6-4-7-11-21)31-27(20-30-28)23-12-8-5-9-13-23/h4-17,20,26H,3,18-19H2,1-2H3,(H,30,32). The lowest BCUT2D eigenvalue weighted by molar-refractivity contribution is -0.144. The molecule has 1 atom stereocenters. The van der Waals surface area contributed by atoms with Crippen LogP contribution in [0, 0.1) is 0 Å². The highest BCUT2D eigenvalue weighted by molar-refractivity contribution is 5.79. The highest BCUT2D eigenvalue weighted by Gasteiger charge is 2.23. The molecule has 4 aromatic rings. The number of carbonyl (C=O) groups excluding carboxylic acids is 1. The van der Waals surface area contributed by atoms with E-state index in [2.05, 4.69) is 17.4 Å². The van der Waals surface area contributed by atoms with Gasteiger partial charge in [-0.1, -0.05) is 72.8 Å². The fourth-order valence-corrected chi connectivity index (χ4v) is 3.81. The Kier molecular flexibility index (Phi) is 8.07. The van der Waals surface area contributed by atoms with E-state index in [1.165, 1.54) is 0 Å². The van der Waals surface area contributed by atoms with Gasteiger partial charge in [-0.15, -0.1) is 0 Å². The smallest absolute Gasteiger partial charge is 0.328 e. The van der Waals surface area contributed by atoms with Crippen LogP contribution in [-0.4, -0.2) is 35.7 Å². The molecule has 0 spiro atoms. The topological polar surface area (TPSA) is 73.3 Å². The zero-order valence-corrected chi connectivity index (χ0v) is 20.0. The second-order valence-electron chi connectivity index (χ2n) is 8.08. The highest BCUT2D eigenvalue weighted by Crippen LogP contribution is 2.23. The van der Waals surface area contributed by atoms with Gasteiger partial charge in [-0.25, -0.2) is 14.8 Å². The van der Waals surface area contributed by atoms with Gasteiger partial charge in [0.15, 0.2) is 0 Å². The summed E-state index contributed by atoms with van der Waals surface area (Å²) in [6.07, 6.45) is 2.76. The predicted molar refractivity (Wildman–Crippen MR) is 137 cm³/mol. The average molecular weight is 468 g/mol.